The Morgan fingerprint density at radius 1 is 1.34 bits per heavy atom. The molecule has 0 aliphatic rings. The molecule has 0 saturated carbocycles. The first kappa shape index (κ1) is 22.5. The summed E-state index contributed by atoms with van der Waals surface area (Å²) < 4.78 is 11.0. The number of aromatic amines is 2. The van der Waals surface area contributed by atoms with Crippen LogP contribution in [0.1, 0.15) is 26.3 Å². The fourth-order valence-corrected chi connectivity index (χ4v) is 3.13. The molecule has 2 rings (SSSR count). The lowest BCUT2D eigenvalue weighted by Crippen LogP contribution is -2.30. The summed E-state index contributed by atoms with van der Waals surface area (Å²) in [7, 11) is 0. The van der Waals surface area contributed by atoms with Crippen molar-refractivity contribution in [3.8, 4) is 11.5 Å². The molecule has 1 atom stereocenters. The first-order valence-electron chi connectivity index (χ1n) is 8.63. The average Bonchev–Trinajstić information content (AvgIpc) is 2.66. The lowest BCUT2D eigenvalue weighted by Gasteiger charge is -2.13. The molecule has 1 aromatic heterocycles. The van der Waals surface area contributed by atoms with Gasteiger partial charge in [-0.1, -0.05) is 23.4 Å². The van der Waals surface area contributed by atoms with Gasteiger partial charge in [0.05, 0.1) is 29.7 Å². The third-order valence-electron chi connectivity index (χ3n) is 3.35. The maximum absolute atomic E-state index is 12.2. The highest BCUT2D eigenvalue weighted by Crippen LogP contribution is 2.36. The largest absolute Gasteiger partial charge is 0.490 e. The molecule has 1 heterocycles. The topological polar surface area (TPSA) is 139 Å². The van der Waals surface area contributed by atoms with Crippen molar-refractivity contribution in [3.05, 3.63) is 43.6 Å². The molecule has 0 saturated heterocycles. The Balaban J connectivity index is 2.05. The van der Waals surface area contributed by atoms with Gasteiger partial charge in [-0.2, -0.15) is 10.2 Å². The van der Waals surface area contributed by atoms with Gasteiger partial charge in [-0.15, -0.1) is 0 Å². The number of hydrogen-bond donors (Lipinski definition) is 3. The molecule has 0 aliphatic heterocycles. The summed E-state index contributed by atoms with van der Waals surface area (Å²) in [5.74, 6) is 0.462. The van der Waals surface area contributed by atoms with E-state index in [1.54, 1.807) is 19.1 Å². The Morgan fingerprint density at radius 2 is 2.07 bits per heavy atom. The number of H-pyrrole nitrogens is 2. The average molecular weight is 442 g/mol. The molecule has 0 radical (unpaired) electrons. The fraction of sp³-hybridized carbons (Fsp3) is 0.353. The van der Waals surface area contributed by atoms with Crippen LogP contribution in [0.25, 0.3) is 0 Å². The molecule has 0 fully saturated rings. The van der Waals surface area contributed by atoms with E-state index in [0.29, 0.717) is 35.3 Å². The fourth-order valence-electron chi connectivity index (χ4n) is 2.11. The van der Waals surface area contributed by atoms with Crippen LogP contribution in [0.5, 0.6) is 11.5 Å². The summed E-state index contributed by atoms with van der Waals surface area (Å²) in [4.78, 5) is 36.8. The first-order chi connectivity index (χ1) is 13.8. The number of nitrogens with zero attached hydrogens (tertiary/aromatic N) is 2. The number of hydrogen-bond acceptors (Lipinski definition) is 8. The molecule has 10 nitrogen and oxygen atoms in total. The van der Waals surface area contributed by atoms with E-state index >= 15 is 0 Å². The maximum Gasteiger partial charge on any atom is 0.342 e. The van der Waals surface area contributed by atoms with Gasteiger partial charge < -0.3 is 9.47 Å². The number of thioether (sulfide) groups is 1. The Morgan fingerprint density at radius 3 is 2.72 bits per heavy atom. The number of amides is 1. The minimum absolute atomic E-state index is 0.0316. The van der Waals surface area contributed by atoms with Crippen LogP contribution in [-0.4, -0.2) is 45.8 Å². The molecule has 29 heavy (non-hydrogen) atoms. The molecule has 0 aliphatic carbocycles. The molecule has 0 bridgehead atoms. The van der Waals surface area contributed by atoms with Crippen molar-refractivity contribution in [1.29, 1.82) is 0 Å². The van der Waals surface area contributed by atoms with Crippen LogP contribution in [0.15, 0.2) is 31.8 Å². The molecular formula is C17H20ClN5O5S. The predicted molar refractivity (Wildman–Crippen MR) is 110 cm³/mol. The molecule has 156 valence electrons. The van der Waals surface area contributed by atoms with E-state index in [1.807, 2.05) is 18.8 Å². The van der Waals surface area contributed by atoms with E-state index < -0.39 is 22.4 Å². The van der Waals surface area contributed by atoms with E-state index in [0.717, 1.165) is 11.8 Å². The van der Waals surface area contributed by atoms with Gasteiger partial charge in [0, 0.05) is 0 Å². The number of carbonyl (C=O) groups excluding carboxylic acids is 1. The number of halogens is 1. The number of hydrazone groups is 1. The van der Waals surface area contributed by atoms with Crippen molar-refractivity contribution in [2.24, 2.45) is 5.10 Å². The molecule has 1 unspecified atom stereocenters. The monoisotopic (exact) mass is 441 g/mol. The zero-order valence-electron chi connectivity index (χ0n) is 15.9. The first-order valence-corrected chi connectivity index (χ1v) is 9.89. The van der Waals surface area contributed by atoms with Crippen LogP contribution in [0, 0.1) is 0 Å². The minimum Gasteiger partial charge on any atom is -0.490 e. The Kier molecular flexibility index (Phi) is 8.28. The molecule has 12 heteroatoms. The zero-order valence-corrected chi connectivity index (χ0v) is 17.5. The van der Waals surface area contributed by atoms with Crippen molar-refractivity contribution in [1.82, 2.24) is 20.6 Å². The number of rotatable bonds is 9. The molecule has 2 aromatic rings. The van der Waals surface area contributed by atoms with Crippen molar-refractivity contribution in [2.45, 2.75) is 31.0 Å². The van der Waals surface area contributed by atoms with Crippen molar-refractivity contribution in [3.63, 3.8) is 0 Å². The molecule has 0 spiro atoms. The Bertz CT molecular complexity index is 1010. The minimum atomic E-state index is -0.721. The second-order valence-corrected chi connectivity index (χ2v) is 7.24. The van der Waals surface area contributed by atoms with Crippen molar-refractivity contribution < 1.29 is 14.3 Å². The molecular weight excluding hydrogens is 422 g/mol. The zero-order chi connectivity index (χ0) is 21.4. The van der Waals surface area contributed by atoms with Gasteiger partial charge in [-0.05, 0) is 38.5 Å². The molecule has 1 amide bonds. The third-order valence-corrected chi connectivity index (χ3v) is 4.69. The van der Waals surface area contributed by atoms with Gasteiger partial charge in [0.1, 0.15) is 0 Å². The summed E-state index contributed by atoms with van der Waals surface area (Å²) in [5.41, 5.74) is 1.58. The van der Waals surface area contributed by atoms with E-state index in [1.165, 1.54) is 6.21 Å². The lowest BCUT2D eigenvalue weighted by molar-refractivity contribution is -0.120. The van der Waals surface area contributed by atoms with Gasteiger partial charge in [0.25, 0.3) is 11.5 Å². The number of nitrogens with one attached hydrogen (secondary N) is 3. The van der Waals surface area contributed by atoms with Gasteiger partial charge in [0.2, 0.25) is 0 Å². The van der Waals surface area contributed by atoms with Crippen LogP contribution in [0.4, 0.5) is 0 Å². The normalized spacial score (nSPS) is 12.0. The Hall–Kier alpha value is -2.79. The molecule has 3 N–H and O–H groups in total. The predicted octanol–water partition coefficient (Wildman–Crippen LogP) is 1.54. The Labute approximate surface area is 175 Å². The quantitative estimate of drug-likeness (QED) is 0.304. The third kappa shape index (κ3) is 6.36. The van der Waals surface area contributed by atoms with Crippen molar-refractivity contribution >= 4 is 35.5 Å². The smallest absolute Gasteiger partial charge is 0.342 e. The summed E-state index contributed by atoms with van der Waals surface area (Å²) in [6.45, 7) is 6.12. The van der Waals surface area contributed by atoms with Gasteiger partial charge >= 0.3 is 5.69 Å². The van der Waals surface area contributed by atoms with Gasteiger partial charge in [-0.3, -0.25) is 14.6 Å². The van der Waals surface area contributed by atoms with Gasteiger partial charge in [0.15, 0.2) is 16.5 Å². The van der Waals surface area contributed by atoms with Crippen LogP contribution >= 0.6 is 23.4 Å². The van der Waals surface area contributed by atoms with Crippen LogP contribution in [0.2, 0.25) is 5.02 Å². The number of benzene rings is 1. The van der Waals surface area contributed by atoms with Crippen LogP contribution in [0.3, 0.4) is 0 Å². The summed E-state index contributed by atoms with van der Waals surface area (Å²) in [6.07, 6.45) is 1.41. The van der Waals surface area contributed by atoms with E-state index in [4.69, 9.17) is 21.1 Å². The van der Waals surface area contributed by atoms with E-state index in [9.17, 15) is 14.4 Å². The SMILES string of the molecule is CCOc1cc(/C=N/NC(=O)C(C)Sc2n[nH]c(=O)[nH]c2=O)cc(Cl)c1OCC. The number of aromatic nitrogens is 3. The standard InChI is InChI=1S/C17H20ClN5O5S/c1-4-27-12-7-10(6-11(18)13(12)28-5-2)8-19-21-14(24)9(3)29-16-15(25)20-17(26)23-22-16/h6-9H,4-5H2,1-3H3,(H,21,24)(H2,20,23,25,26)/b19-8+. The van der Waals surface area contributed by atoms with Crippen molar-refractivity contribution in [2.75, 3.05) is 13.2 Å². The van der Waals surface area contributed by atoms with Crippen LogP contribution in [-0.2, 0) is 4.79 Å². The highest BCUT2D eigenvalue weighted by molar-refractivity contribution is 8.00. The highest BCUT2D eigenvalue weighted by Gasteiger charge is 2.17. The van der Waals surface area contributed by atoms with E-state index in [-0.39, 0.29) is 5.03 Å². The second-order valence-electron chi connectivity index (χ2n) is 5.50. The maximum atomic E-state index is 12.2. The molecule has 1 aromatic carbocycles. The summed E-state index contributed by atoms with van der Waals surface area (Å²) >= 11 is 7.12. The van der Waals surface area contributed by atoms with Crippen LogP contribution < -0.4 is 26.1 Å². The number of ether oxygens (including phenoxy) is 2. The highest BCUT2D eigenvalue weighted by atomic mass is 35.5. The number of carbonyl (C=O) groups is 1. The van der Waals surface area contributed by atoms with Gasteiger partial charge in [-0.25, -0.2) is 15.3 Å². The summed E-state index contributed by atoms with van der Waals surface area (Å²) in [6, 6.07) is 3.32. The van der Waals surface area contributed by atoms with E-state index in [2.05, 4.69) is 20.7 Å². The lowest BCUT2D eigenvalue weighted by atomic mass is 10.2. The summed E-state index contributed by atoms with van der Waals surface area (Å²) in [5, 5.41) is 9.26. The second kappa shape index (κ2) is 10.7.